The maximum Gasteiger partial charge on any atom is 0.339 e. The molecule has 2 aromatic carbocycles. The number of ether oxygens (including phenoxy) is 2. The van der Waals surface area contributed by atoms with Crippen molar-refractivity contribution in [3.8, 4) is 5.75 Å². The number of morpholine rings is 1. The van der Waals surface area contributed by atoms with Crippen molar-refractivity contribution in [3.05, 3.63) is 42.0 Å². The van der Waals surface area contributed by atoms with Gasteiger partial charge in [-0.25, -0.2) is 4.79 Å². The van der Waals surface area contributed by atoms with Crippen molar-refractivity contribution < 1.29 is 19.4 Å². The second-order valence-corrected chi connectivity index (χ2v) is 5.43. The van der Waals surface area contributed by atoms with E-state index >= 15 is 0 Å². The van der Waals surface area contributed by atoms with Gasteiger partial charge in [-0.3, -0.25) is 5.73 Å². The lowest BCUT2D eigenvalue weighted by Gasteiger charge is -2.11. The second kappa shape index (κ2) is 9.22. The third-order valence-electron chi connectivity index (χ3n) is 3.58. The summed E-state index contributed by atoms with van der Waals surface area (Å²) in [4.78, 5) is 11.8. The molecule has 1 heterocycles. The average molecular weight is 332 g/mol. The number of carbonyl (C=O) groups excluding carboxylic acids is 1. The van der Waals surface area contributed by atoms with Crippen molar-refractivity contribution in [1.82, 2.24) is 5.32 Å². The third-order valence-corrected chi connectivity index (χ3v) is 3.58. The summed E-state index contributed by atoms with van der Waals surface area (Å²) in [6.45, 7) is 5.66. The first-order valence-electron chi connectivity index (χ1n) is 8.08. The van der Waals surface area contributed by atoms with Gasteiger partial charge in [0, 0.05) is 18.5 Å². The van der Waals surface area contributed by atoms with E-state index in [9.17, 15) is 9.90 Å². The standard InChI is InChI=1S/C14H15NO3.C4H9NO/c1-2-13(15)18-14(17)10-7-9-5-3-4-6-11(9)12(16)8-10;1-3-6-4-2-5-1/h3-8,13,16H,2,15H2,1H3;5H,1-4H2. The quantitative estimate of drug-likeness (QED) is 0.588. The first-order valence-corrected chi connectivity index (χ1v) is 8.08. The van der Waals surface area contributed by atoms with Gasteiger partial charge in [-0.05, 0) is 23.9 Å². The zero-order valence-corrected chi connectivity index (χ0v) is 13.8. The van der Waals surface area contributed by atoms with Crippen LogP contribution in [0.3, 0.4) is 0 Å². The molecule has 0 bridgehead atoms. The molecule has 6 heteroatoms. The minimum atomic E-state index is -0.619. The normalized spacial score (nSPS) is 15.2. The summed E-state index contributed by atoms with van der Waals surface area (Å²) >= 11 is 0. The topological polar surface area (TPSA) is 93.8 Å². The molecule has 0 radical (unpaired) electrons. The number of esters is 1. The molecule has 3 rings (SSSR count). The Kier molecular flexibility index (Phi) is 6.99. The van der Waals surface area contributed by atoms with Crippen LogP contribution < -0.4 is 11.1 Å². The van der Waals surface area contributed by atoms with E-state index in [1.54, 1.807) is 12.1 Å². The number of carbonyl (C=O) groups is 1. The minimum absolute atomic E-state index is 0.0603. The highest BCUT2D eigenvalue weighted by atomic mass is 16.6. The van der Waals surface area contributed by atoms with Crippen molar-refractivity contribution >= 4 is 16.7 Å². The predicted molar refractivity (Wildman–Crippen MR) is 93.0 cm³/mol. The fraction of sp³-hybridized carbons (Fsp3) is 0.389. The van der Waals surface area contributed by atoms with E-state index in [0.29, 0.717) is 17.4 Å². The smallest absolute Gasteiger partial charge is 0.339 e. The lowest BCUT2D eigenvalue weighted by atomic mass is 10.1. The highest BCUT2D eigenvalue weighted by Gasteiger charge is 2.13. The van der Waals surface area contributed by atoms with Gasteiger partial charge in [0.05, 0.1) is 18.8 Å². The van der Waals surface area contributed by atoms with Crippen LogP contribution in [-0.2, 0) is 9.47 Å². The largest absolute Gasteiger partial charge is 0.507 e. The number of rotatable bonds is 3. The summed E-state index contributed by atoms with van der Waals surface area (Å²) in [5.74, 6) is -0.462. The summed E-state index contributed by atoms with van der Waals surface area (Å²) in [6.07, 6.45) is -0.0724. The molecular weight excluding hydrogens is 308 g/mol. The molecule has 0 saturated carbocycles. The van der Waals surface area contributed by atoms with E-state index in [1.807, 2.05) is 25.1 Å². The van der Waals surface area contributed by atoms with Gasteiger partial charge in [0.2, 0.25) is 0 Å². The highest BCUT2D eigenvalue weighted by molar-refractivity contribution is 5.98. The molecule has 2 aromatic rings. The number of benzene rings is 2. The Morgan fingerprint density at radius 1 is 1.33 bits per heavy atom. The number of nitrogens with one attached hydrogen (secondary N) is 1. The van der Waals surface area contributed by atoms with Crippen LogP contribution in [0.25, 0.3) is 10.8 Å². The number of hydrogen-bond acceptors (Lipinski definition) is 6. The maximum absolute atomic E-state index is 11.8. The summed E-state index contributed by atoms with van der Waals surface area (Å²) in [7, 11) is 0. The molecule has 1 aliphatic rings. The van der Waals surface area contributed by atoms with Crippen LogP contribution in [0.2, 0.25) is 0 Å². The predicted octanol–water partition coefficient (Wildman–Crippen LogP) is 2.00. The fourth-order valence-corrected chi connectivity index (χ4v) is 2.21. The van der Waals surface area contributed by atoms with Crippen molar-refractivity contribution in [2.45, 2.75) is 19.6 Å². The van der Waals surface area contributed by atoms with Crippen LogP contribution in [0.4, 0.5) is 0 Å². The van der Waals surface area contributed by atoms with E-state index in [2.05, 4.69) is 5.32 Å². The van der Waals surface area contributed by atoms with Gasteiger partial charge in [-0.15, -0.1) is 0 Å². The molecule has 1 unspecified atom stereocenters. The SMILES string of the molecule is C1COCCN1.CCC(N)OC(=O)c1cc(O)c2ccccc2c1. The third kappa shape index (κ3) is 5.19. The summed E-state index contributed by atoms with van der Waals surface area (Å²) in [6, 6.07) is 10.4. The van der Waals surface area contributed by atoms with Crippen molar-refractivity contribution in [3.63, 3.8) is 0 Å². The number of nitrogens with two attached hydrogens (primary N) is 1. The number of aromatic hydroxyl groups is 1. The molecule has 130 valence electrons. The lowest BCUT2D eigenvalue weighted by molar-refractivity contribution is 0.0308. The Balaban J connectivity index is 0.000000292. The van der Waals surface area contributed by atoms with Gasteiger partial charge in [0.1, 0.15) is 5.75 Å². The van der Waals surface area contributed by atoms with E-state index in [0.717, 1.165) is 31.7 Å². The Morgan fingerprint density at radius 3 is 2.62 bits per heavy atom. The highest BCUT2D eigenvalue weighted by Crippen LogP contribution is 2.26. The first kappa shape index (κ1) is 18.2. The Bertz CT molecular complexity index is 660. The lowest BCUT2D eigenvalue weighted by Crippen LogP contribution is -2.30. The molecule has 1 atom stereocenters. The van der Waals surface area contributed by atoms with E-state index in [1.165, 1.54) is 6.07 Å². The minimum Gasteiger partial charge on any atom is -0.507 e. The zero-order chi connectivity index (χ0) is 17.4. The number of fused-ring (bicyclic) bond motifs is 1. The first-order chi connectivity index (χ1) is 11.6. The summed E-state index contributed by atoms with van der Waals surface area (Å²) < 4.78 is 10.0. The van der Waals surface area contributed by atoms with E-state index in [-0.39, 0.29) is 5.75 Å². The van der Waals surface area contributed by atoms with E-state index in [4.69, 9.17) is 15.2 Å². The van der Waals surface area contributed by atoms with Crippen LogP contribution in [0.15, 0.2) is 36.4 Å². The Labute approximate surface area is 141 Å². The summed E-state index contributed by atoms with van der Waals surface area (Å²) in [5.41, 5.74) is 5.86. The van der Waals surface area contributed by atoms with Crippen LogP contribution in [-0.4, -0.2) is 43.6 Å². The van der Waals surface area contributed by atoms with Crippen LogP contribution >= 0.6 is 0 Å². The van der Waals surface area contributed by atoms with Gasteiger partial charge >= 0.3 is 5.97 Å². The molecule has 0 aromatic heterocycles. The maximum atomic E-state index is 11.8. The molecule has 0 aliphatic carbocycles. The molecule has 1 aliphatic heterocycles. The number of phenolic OH excluding ortho intramolecular Hbond substituents is 1. The van der Waals surface area contributed by atoms with E-state index < -0.39 is 12.2 Å². The van der Waals surface area contributed by atoms with Gasteiger partial charge in [0.25, 0.3) is 0 Å². The van der Waals surface area contributed by atoms with Crippen molar-refractivity contribution in [2.75, 3.05) is 26.3 Å². The second-order valence-electron chi connectivity index (χ2n) is 5.43. The average Bonchev–Trinajstić information content (AvgIpc) is 2.63. The molecule has 4 N–H and O–H groups in total. The molecule has 6 nitrogen and oxygen atoms in total. The van der Waals surface area contributed by atoms with Gasteiger partial charge in [-0.1, -0.05) is 31.2 Å². The van der Waals surface area contributed by atoms with Gasteiger partial charge < -0.3 is 19.9 Å². The molecule has 1 fully saturated rings. The van der Waals surface area contributed by atoms with Crippen LogP contribution in [0.5, 0.6) is 5.75 Å². The monoisotopic (exact) mass is 332 g/mol. The Hall–Kier alpha value is -2.15. The molecule has 24 heavy (non-hydrogen) atoms. The summed E-state index contributed by atoms with van der Waals surface area (Å²) in [5, 5.41) is 14.5. The number of hydrogen-bond donors (Lipinski definition) is 3. The van der Waals surface area contributed by atoms with Gasteiger partial charge in [0.15, 0.2) is 6.23 Å². The van der Waals surface area contributed by atoms with Gasteiger partial charge in [-0.2, -0.15) is 0 Å². The molecule has 0 amide bonds. The Morgan fingerprint density at radius 2 is 2.04 bits per heavy atom. The molecule has 0 spiro atoms. The van der Waals surface area contributed by atoms with Crippen LogP contribution in [0, 0.1) is 0 Å². The molecule has 1 saturated heterocycles. The van der Waals surface area contributed by atoms with Crippen LogP contribution in [0.1, 0.15) is 23.7 Å². The zero-order valence-electron chi connectivity index (χ0n) is 13.8. The number of phenols is 1. The fourth-order valence-electron chi connectivity index (χ4n) is 2.21. The molecular formula is C18H24N2O4. The van der Waals surface area contributed by atoms with Crippen molar-refractivity contribution in [1.29, 1.82) is 0 Å². The van der Waals surface area contributed by atoms with Crippen molar-refractivity contribution in [2.24, 2.45) is 5.73 Å².